The third kappa shape index (κ3) is 8.82. The Labute approximate surface area is 158 Å². The quantitative estimate of drug-likeness (QED) is 0.141. The van der Waals surface area contributed by atoms with Crippen LogP contribution in [0.5, 0.6) is 0 Å². The van der Waals surface area contributed by atoms with Crippen molar-refractivity contribution < 1.29 is 14.4 Å². The fourth-order valence-corrected chi connectivity index (χ4v) is 2.34. The van der Waals surface area contributed by atoms with Crippen LogP contribution in [0.15, 0.2) is 35.3 Å². The minimum absolute atomic E-state index is 0.0248. The average Bonchev–Trinajstić information content (AvgIpc) is 2.63. The summed E-state index contributed by atoms with van der Waals surface area (Å²) < 4.78 is 0. The van der Waals surface area contributed by atoms with E-state index in [-0.39, 0.29) is 12.4 Å². The van der Waals surface area contributed by atoms with Crippen molar-refractivity contribution in [3.8, 4) is 0 Å². The number of carbonyl (C=O) groups is 3. The van der Waals surface area contributed by atoms with Gasteiger partial charge in [-0.15, -0.1) is 0 Å². The highest BCUT2D eigenvalue weighted by Crippen LogP contribution is 2.05. The van der Waals surface area contributed by atoms with E-state index in [0.717, 1.165) is 5.56 Å². The zero-order valence-electron chi connectivity index (χ0n) is 15.4. The second-order valence-electron chi connectivity index (χ2n) is 6.24. The van der Waals surface area contributed by atoms with Gasteiger partial charge >= 0.3 is 0 Å². The minimum atomic E-state index is -0.842. The van der Waals surface area contributed by atoms with Gasteiger partial charge in [-0.05, 0) is 25.3 Å². The molecule has 0 aliphatic heterocycles. The second kappa shape index (κ2) is 11.6. The molecule has 3 atom stereocenters. The molecule has 27 heavy (non-hydrogen) atoms. The van der Waals surface area contributed by atoms with Crippen molar-refractivity contribution in [2.75, 3.05) is 6.54 Å². The molecule has 0 radical (unpaired) electrons. The number of aliphatic imine (C=N–C) groups is 1. The minimum Gasteiger partial charge on any atom is -0.370 e. The molecule has 1 aromatic carbocycles. The number of nitrogens with two attached hydrogens (primary N) is 3. The first-order chi connectivity index (χ1) is 12.8. The smallest absolute Gasteiger partial charge is 0.243 e. The molecule has 0 saturated heterocycles. The normalized spacial score (nSPS) is 13.7. The molecule has 1 rings (SSSR count). The molecular weight excluding hydrogens is 348 g/mol. The zero-order chi connectivity index (χ0) is 20.2. The van der Waals surface area contributed by atoms with E-state index in [9.17, 15) is 14.4 Å². The number of rotatable bonds is 11. The molecule has 0 saturated carbocycles. The van der Waals surface area contributed by atoms with Crippen molar-refractivity contribution in [3.05, 3.63) is 35.9 Å². The van der Waals surface area contributed by atoms with Crippen molar-refractivity contribution in [1.29, 1.82) is 0 Å². The lowest BCUT2D eigenvalue weighted by Gasteiger charge is -2.22. The molecule has 0 aromatic heterocycles. The molecule has 9 heteroatoms. The van der Waals surface area contributed by atoms with Crippen LogP contribution in [0.4, 0.5) is 0 Å². The maximum Gasteiger partial charge on any atom is 0.243 e. The predicted octanol–water partition coefficient (Wildman–Crippen LogP) is -1.20. The summed E-state index contributed by atoms with van der Waals surface area (Å²) in [5, 5.41) is 5.28. The number of nitrogens with zero attached hydrogens (tertiary/aromatic N) is 1. The molecule has 1 aromatic rings. The summed E-state index contributed by atoms with van der Waals surface area (Å²) in [5.41, 5.74) is 16.9. The van der Waals surface area contributed by atoms with Gasteiger partial charge in [0.25, 0.3) is 0 Å². The first-order valence-electron chi connectivity index (χ1n) is 8.74. The fourth-order valence-electron chi connectivity index (χ4n) is 2.34. The highest BCUT2D eigenvalue weighted by atomic mass is 16.2. The van der Waals surface area contributed by atoms with E-state index in [4.69, 9.17) is 17.2 Å². The van der Waals surface area contributed by atoms with Crippen LogP contribution in [0.25, 0.3) is 0 Å². The Hall–Kier alpha value is -2.94. The molecule has 0 spiro atoms. The number of benzene rings is 1. The highest BCUT2D eigenvalue weighted by molar-refractivity contribution is 5.90. The van der Waals surface area contributed by atoms with Crippen LogP contribution < -0.4 is 27.8 Å². The van der Waals surface area contributed by atoms with Crippen LogP contribution in [-0.2, 0) is 20.8 Å². The highest BCUT2D eigenvalue weighted by Gasteiger charge is 2.24. The maximum atomic E-state index is 12.6. The number of amides is 2. The molecule has 148 valence electrons. The summed E-state index contributed by atoms with van der Waals surface area (Å²) in [7, 11) is 0. The van der Waals surface area contributed by atoms with Crippen molar-refractivity contribution in [3.63, 3.8) is 0 Å². The Bertz CT molecular complexity index is 644. The van der Waals surface area contributed by atoms with Crippen molar-refractivity contribution in [2.24, 2.45) is 22.2 Å². The van der Waals surface area contributed by atoms with Gasteiger partial charge in [-0.3, -0.25) is 14.6 Å². The van der Waals surface area contributed by atoms with Crippen LogP contribution in [0, 0.1) is 0 Å². The molecule has 0 heterocycles. The molecule has 8 N–H and O–H groups in total. The van der Waals surface area contributed by atoms with Crippen LogP contribution in [0.3, 0.4) is 0 Å². The standard InChI is InChI=1S/C18H28N6O3/c1-12(19)16(26)24-15(10-13-6-3-2-4-7-13)17(27)23-14(11-25)8-5-9-22-18(20)21/h2-4,6-7,11-12,14-15H,5,8-10,19H2,1H3,(H,23,27)(H,24,26)(H4,20,21,22)/t12-,14-,15+/m0/s1. The number of aldehydes is 1. The van der Waals surface area contributed by atoms with E-state index in [0.29, 0.717) is 25.7 Å². The summed E-state index contributed by atoms with van der Waals surface area (Å²) in [4.78, 5) is 39.7. The predicted molar refractivity (Wildman–Crippen MR) is 104 cm³/mol. The summed E-state index contributed by atoms with van der Waals surface area (Å²) in [6, 6.07) is 6.96. The molecule has 0 unspecified atom stereocenters. The van der Waals surface area contributed by atoms with Gasteiger partial charge < -0.3 is 32.6 Å². The van der Waals surface area contributed by atoms with Crippen LogP contribution in [-0.4, -0.2) is 48.7 Å². The zero-order valence-corrected chi connectivity index (χ0v) is 15.4. The summed E-state index contributed by atoms with van der Waals surface area (Å²) in [6.45, 7) is 1.89. The van der Waals surface area contributed by atoms with Crippen molar-refractivity contribution in [2.45, 2.75) is 44.3 Å². The van der Waals surface area contributed by atoms with E-state index in [1.165, 1.54) is 6.92 Å². The first kappa shape index (κ1) is 22.1. The fraction of sp³-hybridized carbons (Fsp3) is 0.444. The van der Waals surface area contributed by atoms with Crippen molar-refractivity contribution >= 4 is 24.1 Å². The van der Waals surface area contributed by atoms with Gasteiger partial charge in [0.2, 0.25) is 11.8 Å². The van der Waals surface area contributed by atoms with Gasteiger partial charge in [-0.1, -0.05) is 30.3 Å². The lowest BCUT2D eigenvalue weighted by atomic mass is 10.0. The molecule has 2 amide bonds. The Balaban J connectivity index is 2.73. The number of hydrogen-bond acceptors (Lipinski definition) is 5. The molecule has 9 nitrogen and oxygen atoms in total. The Morgan fingerprint density at radius 2 is 1.81 bits per heavy atom. The summed E-state index contributed by atoms with van der Waals surface area (Å²) in [5.74, 6) is -0.920. The monoisotopic (exact) mass is 376 g/mol. The van der Waals surface area contributed by atoms with Gasteiger partial charge in [-0.25, -0.2) is 0 Å². The van der Waals surface area contributed by atoms with E-state index < -0.39 is 29.9 Å². The molecule has 0 aliphatic carbocycles. The Morgan fingerprint density at radius 3 is 2.37 bits per heavy atom. The number of guanidine groups is 1. The molecular formula is C18H28N6O3. The van der Waals surface area contributed by atoms with Gasteiger partial charge in [0.05, 0.1) is 12.1 Å². The molecule has 0 bridgehead atoms. The van der Waals surface area contributed by atoms with E-state index in [2.05, 4.69) is 15.6 Å². The first-order valence-corrected chi connectivity index (χ1v) is 8.74. The SMILES string of the molecule is C[C@H](N)C(=O)N[C@H](Cc1ccccc1)C(=O)N[C@H](C=O)CCCN=C(N)N. The maximum absolute atomic E-state index is 12.6. The summed E-state index contributed by atoms with van der Waals surface area (Å²) >= 11 is 0. The van der Waals surface area contributed by atoms with E-state index in [1.54, 1.807) is 0 Å². The Morgan fingerprint density at radius 1 is 1.15 bits per heavy atom. The molecule has 0 aliphatic rings. The average molecular weight is 376 g/mol. The van der Waals surface area contributed by atoms with Crippen LogP contribution in [0.2, 0.25) is 0 Å². The lowest BCUT2D eigenvalue weighted by molar-refractivity contribution is -0.130. The lowest BCUT2D eigenvalue weighted by Crippen LogP contribution is -2.53. The van der Waals surface area contributed by atoms with Gasteiger partial charge in [0.1, 0.15) is 12.3 Å². The second-order valence-corrected chi connectivity index (χ2v) is 6.24. The number of nitrogens with one attached hydrogen (secondary N) is 2. The third-order valence-corrected chi connectivity index (χ3v) is 3.79. The van der Waals surface area contributed by atoms with E-state index in [1.807, 2.05) is 30.3 Å². The summed E-state index contributed by atoms with van der Waals surface area (Å²) in [6.07, 6.45) is 1.84. The largest absolute Gasteiger partial charge is 0.370 e. The van der Waals surface area contributed by atoms with Gasteiger partial charge in [-0.2, -0.15) is 0 Å². The number of hydrogen-bond donors (Lipinski definition) is 5. The van der Waals surface area contributed by atoms with Gasteiger partial charge in [0, 0.05) is 13.0 Å². The van der Waals surface area contributed by atoms with Crippen LogP contribution >= 0.6 is 0 Å². The Kier molecular flexibility index (Phi) is 9.52. The van der Waals surface area contributed by atoms with Crippen LogP contribution in [0.1, 0.15) is 25.3 Å². The third-order valence-electron chi connectivity index (χ3n) is 3.79. The van der Waals surface area contributed by atoms with E-state index >= 15 is 0 Å². The topological polar surface area (TPSA) is 166 Å². The molecule has 0 fully saturated rings. The van der Waals surface area contributed by atoms with Crippen molar-refractivity contribution in [1.82, 2.24) is 10.6 Å². The number of carbonyl (C=O) groups excluding carboxylic acids is 3. The van der Waals surface area contributed by atoms with Gasteiger partial charge in [0.15, 0.2) is 5.96 Å².